The van der Waals surface area contributed by atoms with Crippen molar-refractivity contribution in [2.24, 2.45) is 0 Å². The summed E-state index contributed by atoms with van der Waals surface area (Å²) in [5, 5.41) is 3.22. The van der Waals surface area contributed by atoms with Crippen LogP contribution in [-0.4, -0.2) is 4.98 Å². The molecular weight excluding hydrogens is 255 g/mol. The molecule has 0 radical (unpaired) electrons. The third-order valence-electron chi connectivity index (χ3n) is 2.92. The zero-order valence-corrected chi connectivity index (χ0v) is 10.7. The van der Waals surface area contributed by atoms with Crippen molar-refractivity contribution in [3.05, 3.63) is 72.5 Å². The molecule has 0 amide bonds. The van der Waals surface area contributed by atoms with Gasteiger partial charge in [-0.1, -0.05) is 0 Å². The highest BCUT2D eigenvalue weighted by atomic mass is 19.1. The predicted molar refractivity (Wildman–Crippen MR) is 75.7 cm³/mol. The molecule has 0 aliphatic heterocycles. The lowest BCUT2D eigenvalue weighted by molar-refractivity contribution is 0.531. The number of hydrogen-bond donors (Lipinski definition) is 1. The van der Waals surface area contributed by atoms with Crippen LogP contribution >= 0.6 is 0 Å². The molecule has 100 valence electrons. The van der Waals surface area contributed by atoms with Gasteiger partial charge in [0, 0.05) is 18.0 Å². The molecule has 0 unspecified atom stereocenters. The third-order valence-corrected chi connectivity index (χ3v) is 2.92. The SMILES string of the molecule is Fc1ccc(-c2ccc(CNc3cccnc3)o2)cc1. The molecule has 1 aromatic carbocycles. The number of furan rings is 1. The van der Waals surface area contributed by atoms with Crippen molar-refractivity contribution >= 4 is 5.69 Å². The largest absolute Gasteiger partial charge is 0.459 e. The summed E-state index contributed by atoms with van der Waals surface area (Å²) in [6, 6.07) is 13.8. The lowest BCUT2D eigenvalue weighted by Gasteiger charge is -2.03. The average molecular weight is 268 g/mol. The molecule has 1 N–H and O–H groups in total. The Kier molecular flexibility index (Phi) is 3.46. The molecule has 3 rings (SSSR count). The van der Waals surface area contributed by atoms with Crippen molar-refractivity contribution in [2.45, 2.75) is 6.54 Å². The number of pyridine rings is 1. The average Bonchev–Trinajstić information content (AvgIpc) is 2.96. The molecule has 0 atom stereocenters. The van der Waals surface area contributed by atoms with E-state index in [-0.39, 0.29) is 5.82 Å². The molecule has 3 aromatic rings. The van der Waals surface area contributed by atoms with Gasteiger partial charge in [0.15, 0.2) is 0 Å². The Labute approximate surface area is 116 Å². The Balaban J connectivity index is 1.69. The van der Waals surface area contributed by atoms with E-state index < -0.39 is 0 Å². The minimum Gasteiger partial charge on any atom is -0.459 e. The number of halogens is 1. The Morgan fingerprint density at radius 2 is 1.90 bits per heavy atom. The molecule has 20 heavy (non-hydrogen) atoms. The number of hydrogen-bond acceptors (Lipinski definition) is 3. The van der Waals surface area contributed by atoms with Crippen molar-refractivity contribution in [3.8, 4) is 11.3 Å². The number of aromatic nitrogens is 1. The molecule has 0 aliphatic carbocycles. The minimum atomic E-state index is -0.251. The van der Waals surface area contributed by atoms with Gasteiger partial charge in [-0.15, -0.1) is 0 Å². The highest BCUT2D eigenvalue weighted by Gasteiger charge is 2.05. The van der Waals surface area contributed by atoms with Gasteiger partial charge in [0.1, 0.15) is 17.3 Å². The second-order valence-corrected chi connectivity index (χ2v) is 4.37. The number of rotatable bonds is 4. The maximum Gasteiger partial charge on any atom is 0.134 e. The van der Waals surface area contributed by atoms with E-state index in [2.05, 4.69) is 10.3 Å². The first-order valence-corrected chi connectivity index (χ1v) is 6.30. The normalized spacial score (nSPS) is 10.4. The summed E-state index contributed by atoms with van der Waals surface area (Å²) < 4.78 is 18.6. The molecule has 0 spiro atoms. The van der Waals surface area contributed by atoms with Crippen molar-refractivity contribution in [3.63, 3.8) is 0 Å². The molecule has 0 bridgehead atoms. The molecule has 0 saturated carbocycles. The summed E-state index contributed by atoms with van der Waals surface area (Å²) in [5.74, 6) is 1.29. The summed E-state index contributed by atoms with van der Waals surface area (Å²) in [5.41, 5.74) is 1.80. The van der Waals surface area contributed by atoms with Crippen LogP contribution in [-0.2, 0) is 6.54 Å². The fourth-order valence-electron chi connectivity index (χ4n) is 1.90. The molecule has 0 saturated heterocycles. The highest BCUT2D eigenvalue weighted by molar-refractivity contribution is 5.57. The maximum atomic E-state index is 12.9. The smallest absolute Gasteiger partial charge is 0.134 e. The first-order chi connectivity index (χ1) is 9.81. The van der Waals surface area contributed by atoms with E-state index in [0.29, 0.717) is 6.54 Å². The van der Waals surface area contributed by atoms with Gasteiger partial charge in [-0.3, -0.25) is 4.98 Å². The summed E-state index contributed by atoms with van der Waals surface area (Å²) in [4.78, 5) is 4.03. The van der Waals surface area contributed by atoms with E-state index in [1.165, 1.54) is 12.1 Å². The van der Waals surface area contributed by atoms with Gasteiger partial charge in [-0.2, -0.15) is 0 Å². The van der Waals surface area contributed by atoms with Gasteiger partial charge in [-0.25, -0.2) is 4.39 Å². The van der Waals surface area contributed by atoms with Crippen LogP contribution < -0.4 is 5.32 Å². The van der Waals surface area contributed by atoms with Crippen molar-refractivity contribution in [2.75, 3.05) is 5.32 Å². The Bertz CT molecular complexity index is 677. The van der Waals surface area contributed by atoms with E-state index in [4.69, 9.17) is 4.42 Å². The Hall–Kier alpha value is -2.62. The third kappa shape index (κ3) is 2.85. The first-order valence-electron chi connectivity index (χ1n) is 6.30. The number of anilines is 1. The van der Waals surface area contributed by atoms with Crippen LogP contribution in [0.15, 0.2) is 65.3 Å². The van der Waals surface area contributed by atoms with Gasteiger partial charge in [0.05, 0.1) is 12.2 Å². The van der Waals surface area contributed by atoms with Gasteiger partial charge in [0.25, 0.3) is 0 Å². The van der Waals surface area contributed by atoms with Crippen molar-refractivity contribution in [1.82, 2.24) is 4.98 Å². The zero-order chi connectivity index (χ0) is 13.8. The second-order valence-electron chi connectivity index (χ2n) is 4.37. The molecule has 2 aromatic heterocycles. The lowest BCUT2D eigenvalue weighted by atomic mass is 10.2. The van der Waals surface area contributed by atoms with E-state index in [9.17, 15) is 4.39 Å². The van der Waals surface area contributed by atoms with Gasteiger partial charge in [-0.05, 0) is 48.5 Å². The van der Waals surface area contributed by atoms with Gasteiger partial charge < -0.3 is 9.73 Å². The van der Waals surface area contributed by atoms with Crippen molar-refractivity contribution in [1.29, 1.82) is 0 Å². The number of nitrogens with zero attached hydrogens (tertiary/aromatic N) is 1. The van der Waals surface area contributed by atoms with E-state index in [1.54, 1.807) is 24.5 Å². The van der Waals surface area contributed by atoms with Crippen LogP contribution in [0.2, 0.25) is 0 Å². The van der Waals surface area contributed by atoms with E-state index >= 15 is 0 Å². The van der Waals surface area contributed by atoms with Crippen LogP contribution in [0.4, 0.5) is 10.1 Å². The summed E-state index contributed by atoms with van der Waals surface area (Å²) in [7, 11) is 0. The molecule has 0 aliphatic rings. The predicted octanol–water partition coefficient (Wildman–Crippen LogP) is 4.09. The first kappa shape index (κ1) is 12.4. The molecular formula is C16H13FN2O. The monoisotopic (exact) mass is 268 g/mol. The molecule has 2 heterocycles. The zero-order valence-electron chi connectivity index (χ0n) is 10.7. The number of nitrogens with one attached hydrogen (secondary N) is 1. The quantitative estimate of drug-likeness (QED) is 0.774. The standard InChI is InChI=1S/C16H13FN2O/c17-13-5-3-12(4-6-13)16-8-7-15(20-16)11-19-14-2-1-9-18-10-14/h1-10,19H,11H2. The number of benzene rings is 1. The Morgan fingerprint density at radius 3 is 2.65 bits per heavy atom. The fourth-order valence-corrected chi connectivity index (χ4v) is 1.90. The van der Waals surface area contributed by atoms with Gasteiger partial charge >= 0.3 is 0 Å². The Morgan fingerprint density at radius 1 is 1.05 bits per heavy atom. The van der Waals surface area contributed by atoms with Crippen LogP contribution in [0.1, 0.15) is 5.76 Å². The van der Waals surface area contributed by atoms with E-state index in [0.717, 1.165) is 22.8 Å². The lowest BCUT2D eigenvalue weighted by Crippen LogP contribution is -1.97. The summed E-state index contributed by atoms with van der Waals surface area (Å²) >= 11 is 0. The second kappa shape index (κ2) is 5.57. The summed E-state index contributed by atoms with van der Waals surface area (Å²) in [6.45, 7) is 0.576. The molecule has 4 heteroatoms. The maximum absolute atomic E-state index is 12.9. The molecule has 0 fully saturated rings. The minimum absolute atomic E-state index is 0.251. The highest BCUT2D eigenvalue weighted by Crippen LogP contribution is 2.22. The molecule has 3 nitrogen and oxygen atoms in total. The van der Waals surface area contributed by atoms with Gasteiger partial charge in [0.2, 0.25) is 0 Å². The topological polar surface area (TPSA) is 38.1 Å². The fraction of sp³-hybridized carbons (Fsp3) is 0.0625. The van der Waals surface area contributed by atoms with Crippen LogP contribution in [0.5, 0.6) is 0 Å². The van der Waals surface area contributed by atoms with Crippen LogP contribution in [0.3, 0.4) is 0 Å². The van der Waals surface area contributed by atoms with Crippen molar-refractivity contribution < 1.29 is 8.81 Å². The van der Waals surface area contributed by atoms with E-state index in [1.807, 2.05) is 24.3 Å². The van der Waals surface area contributed by atoms with Crippen LogP contribution in [0, 0.1) is 5.82 Å². The summed E-state index contributed by atoms with van der Waals surface area (Å²) in [6.07, 6.45) is 3.48. The van der Waals surface area contributed by atoms with Crippen LogP contribution in [0.25, 0.3) is 11.3 Å².